The van der Waals surface area contributed by atoms with E-state index in [9.17, 15) is 13.2 Å². The van der Waals surface area contributed by atoms with Gasteiger partial charge in [0.05, 0.1) is 15.9 Å². The van der Waals surface area contributed by atoms with Gasteiger partial charge in [0.25, 0.3) is 0 Å². The van der Waals surface area contributed by atoms with Crippen molar-refractivity contribution >= 4 is 28.4 Å². The highest BCUT2D eigenvalue weighted by Gasteiger charge is 2.27. The molecule has 1 rings (SSSR count). The zero-order valence-electron chi connectivity index (χ0n) is 11.4. The van der Waals surface area contributed by atoms with Crippen molar-refractivity contribution in [2.24, 2.45) is 0 Å². The van der Waals surface area contributed by atoms with E-state index in [1.807, 2.05) is 13.8 Å². The highest BCUT2D eigenvalue weighted by molar-refractivity contribution is 14.1. The normalized spacial score (nSPS) is 11.7. The summed E-state index contributed by atoms with van der Waals surface area (Å²) in [6.45, 7) is 3.39. The second kappa shape index (κ2) is 7.96. The van der Waals surface area contributed by atoms with Crippen LogP contribution in [0, 0.1) is 10.5 Å². The maximum Gasteiger partial charge on any atom is 0.411 e. The molecule has 0 spiro atoms. The van der Waals surface area contributed by atoms with Gasteiger partial charge in [0.15, 0.2) is 0 Å². The Morgan fingerprint density at radius 2 is 2.00 bits per heavy atom. The molecule has 0 saturated carbocycles. The minimum atomic E-state index is -4.29. The van der Waals surface area contributed by atoms with Crippen molar-refractivity contribution < 1.29 is 17.9 Å². The van der Waals surface area contributed by atoms with Crippen LogP contribution >= 0.6 is 22.6 Å². The van der Waals surface area contributed by atoms with Crippen LogP contribution in [0.4, 0.5) is 19.0 Å². The fraction of sp³-hybridized carbons (Fsp3) is 0.667. The summed E-state index contributed by atoms with van der Waals surface area (Å²) in [6, 6.07) is 0. The number of aryl methyl sites for hydroxylation is 1. The molecule has 8 heteroatoms. The number of halogens is 4. The van der Waals surface area contributed by atoms with Gasteiger partial charge in [-0.1, -0.05) is 6.92 Å². The zero-order valence-corrected chi connectivity index (χ0v) is 13.5. The predicted molar refractivity (Wildman–Crippen MR) is 78.8 cm³/mol. The van der Waals surface area contributed by atoms with Gasteiger partial charge in [-0.05, 0) is 35.9 Å². The minimum Gasteiger partial charge on any atom is -0.372 e. The van der Waals surface area contributed by atoms with E-state index in [1.165, 1.54) is 0 Å². The van der Waals surface area contributed by atoms with E-state index in [1.54, 1.807) is 0 Å². The monoisotopic (exact) mass is 403 g/mol. The number of alkyl halides is 3. The molecule has 0 radical (unpaired) electrons. The van der Waals surface area contributed by atoms with E-state index in [-0.39, 0.29) is 13.0 Å². The molecular formula is C12H17F3IN3O. The van der Waals surface area contributed by atoms with E-state index in [0.29, 0.717) is 5.82 Å². The number of hydrogen-bond donors (Lipinski definition) is 1. The van der Waals surface area contributed by atoms with Crippen LogP contribution in [-0.2, 0) is 11.2 Å². The van der Waals surface area contributed by atoms with Gasteiger partial charge in [-0.2, -0.15) is 13.2 Å². The first-order valence-electron chi connectivity index (χ1n) is 6.25. The average Bonchev–Trinajstić information content (AvgIpc) is 2.36. The van der Waals surface area contributed by atoms with Crippen LogP contribution in [-0.4, -0.2) is 35.9 Å². The first-order chi connectivity index (χ1) is 9.33. The number of aromatic nitrogens is 2. The van der Waals surface area contributed by atoms with Gasteiger partial charge in [-0.15, -0.1) is 0 Å². The Morgan fingerprint density at radius 3 is 2.60 bits per heavy atom. The molecule has 114 valence electrons. The van der Waals surface area contributed by atoms with Crippen LogP contribution in [0.5, 0.6) is 0 Å². The number of anilines is 1. The molecule has 0 unspecified atom stereocenters. The summed E-state index contributed by atoms with van der Waals surface area (Å²) in [7, 11) is 0. The van der Waals surface area contributed by atoms with Crippen molar-refractivity contribution in [1.82, 2.24) is 9.97 Å². The average molecular weight is 403 g/mol. The first-order valence-corrected chi connectivity index (χ1v) is 7.32. The summed E-state index contributed by atoms with van der Waals surface area (Å²) in [4.78, 5) is 8.57. The summed E-state index contributed by atoms with van der Waals surface area (Å²) >= 11 is 2.15. The third kappa shape index (κ3) is 6.21. The Hall–Kier alpha value is -0.640. The van der Waals surface area contributed by atoms with Crippen molar-refractivity contribution in [3.05, 3.63) is 15.1 Å². The maximum atomic E-state index is 11.9. The third-order valence-electron chi connectivity index (χ3n) is 2.34. The second-order valence-corrected chi connectivity index (χ2v) is 5.31. The van der Waals surface area contributed by atoms with E-state index in [4.69, 9.17) is 0 Å². The lowest BCUT2D eigenvalue weighted by Crippen LogP contribution is -2.18. The van der Waals surface area contributed by atoms with Gasteiger partial charge in [0.1, 0.15) is 18.2 Å². The Bertz CT molecular complexity index is 441. The largest absolute Gasteiger partial charge is 0.411 e. The molecule has 20 heavy (non-hydrogen) atoms. The Balaban J connectivity index is 2.59. The van der Waals surface area contributed by atoms with Gasteiger partial charge in [0.2, 0.25) is 0 Å². The molecule has 0 bridgehead atoms. The van der Waals surface area contributed by atoms with Gasteiger partial charge >= 0.3 is 6.18 Å². The van der Waals surface area contributed by atoms with E-state index < -0.39 is 12.8 Å². The molecule has 1 N–H and O–H groups in total. The van der Waals surface area contributed by atoms with Crippen molar-refractivity contribution in [3.8, 4) is 0 Å². The Labute approximate surface area is 129 Å². The van der Waals surface area contributed by atoms with Gasteiger partial charge in [0, 0.05) is 13.0 Å². The summed E-state index contributed by atoms with van der Waals surface area (Å²) in [5.74, 6) is 1.22. The molecule has 1 heterocycles. The second-order valence-electron chi connectivity index (χ2n) is 4.23. The Kier molecular flexibility index (Phi) is 6.93. The highest BCUT2D eigenvalue weighted by Crippen LogP contribution is 2.19. The predicted octanol–water partition coefficient (Wildman–Crippen LogP) is 3.33. The van der Waals surface area contributed by atoms with Crippen LogP contribution in [0.3, 0.4) is 0 Å². The molecule has 1 aromatic heterocycles. The van der Waals surface area contributed by atoms with Gasteiger partial charge in [-0.25, -0.2) is 9.97 Å². The minimum absolute atomic E-state index is 0.0488. The summed E-state index contributed by atoms with van der Waals surface area (Å²) < 4.78 is 41.3. The molecule has 0 aliphatic carbocycles. The SMILES string of the molecule is CCCNc1nc(CCOCC(F)(F)F)nc(C)c1I. The quantitative estimate of drug-likeness (QED) is 0.561. The fourth-order valence-electron chi connectivity index (χ4n) is 1.44. The number of nitrogens with zero attached hydrogens (tertiary/aromatic N) is 2. The third-order valence-corrected chi connectivity index (χ3v) is 3.63. The first kappa shape index (κ1) is 17.4. The van der Waals surface area contributed by atoms with E-state index in [2.05, 4.69) is 42.6 Å². The van der Waals surface area contributed by atoms with E-state index >= 15 is 0 Å². The van der Waals surface area contributed by atoms with Crippen molar-refractivity contribution in [3.63, 3.8) is 0 Å². The van der Waals surface area contributed by atoms with Gasteiger partial charge in [-0.3, -0.25) is 0 Å². The lowest BCUT2D eigenvalue weighted by molar-refractivity contribution is -0.173. The van der Waals surface area contributed by atoms with Crippen LogP contribution in [0.15, 0.2) is 0 Å². The lowest BCUT2D eigenvalue weighted by Gasteiger charge is -2.11. The lowest BCUT2D eigenvalue weighted by atomic mass is 10.3. The van der Waals surface area contributed by atoms with E-state index in [0.717, 1.165) is 28.0 Å². The molecule has 1 aromatic rings. The zero-order chi connectivity index (χ0) is 15.2. The van der Waals surface area contributed by atoms with Crippen molar-refractivity contribution in [1.29, 1.82) is 0 Å². The maximum absolute atomic E-state index is 11.9. The topological polar surface area (TPSA) is 47.0 Å². The molecule has 0 fully saturated rings. The van der Waals surface area contributed by atoms with Crippen LogP contribution < -0.4 is 5.32 Å². The summed E-state index contributed by atoms with van der Waals surface area (Å²) in [5, 5.41) is 3.18. The van der Waals surface area contributed by atoms with Gasteiger partial charge < -0.3 is 10.1 Å². The molecular weight excluding hydrogens is 386 g/mol. The fourth-order valence-corrected chi connectivity index (χ4v) is 1.87. The molecule has 4 nitrogen and oxygen atoms in total. The summed E-state index contributed by atoms with van der Waals surface area (Å²) in [6.07, 6.45) is -3.07. The molecule has 0 atom stereocenters. The van der Waals surface area contributed by atoms with Crippen LogP contribution in [0.25, 0.3) is 0 Å². The summed E-state index contributed by atoms with van der Waals surface area (Å²) in [5.41, 5.74) is 0.810. The number of hydrogen-bond acceptors (Lipinski definition) is 4. The molecule has 0 amide bonds. The van der Waals surface area contributed by atoms with Crippen LogP contribution in [0.1, 0.15) is 24.9 Å². The Morgan fingerprint density at radius 1 is 1.30 bits per heavy atom. The molecule has 0 aromatic carbocycles. The smallest absolute Gasteiger partial charge is 0.372 e. The molecule has 0 aliphatic rings. The standard InChI is InChI=1S/C12H17F3IN3O/c1-3-5-17-11-10(16)8(2)18-9(19-11)4-6-20-7-12(13,14)15/h3-7H2,1-2H3,(H,17,18,19). The number of rotatable bonds is 7. The highest BCUT2D eigenvalue weighted by atomic mass is 127. The molecule has 0 saturated heterocycles. The number of ether oxygens (including phenoxy) is 1. The van der Waals surface area contributed by atoms with Crippen molar-refractivity contribution in [2.45, 2.75) is 32.9 Å². The molecule has 0 aliphatic heterocycles. The van der Waals surface area contributed by atoms with Crippen molar-refractivity contribution in [2.75, 3.05) is 25.1 Å². The van der Waals surface area contributed by atoms with Crippen LogP contribution in [0.2, 0.25) is 0 Å². The number of nitrogens with one attached hydrogen (secondary N) is 1.